The second-order valence-electron chi connectivity index (χ2n) is 5.60. The van der Waals surface area contributed by atoms with E-state index in [1.165, 1.54) is 0 Å². The molecule has 0 amide bonds. The smallest absolute Gasteiger partial charge is 0.135 e. The molecule has 2 atom stereocenters. The first-order valence-corrected chi connectivity index (χ1v) is 9.25. The molecule has 6 heteroatoms. The van der Waals surface area contributed by atoms with E-state index in [0.29, 0.717) is 0 Å². The van der Waals surface area contributed by atoms with Gasteiger partial charge in [-0.25, -0.2) is 9.97 Å². The van der Waals surface area contributed by atoms with Crippen LogP contribution in [0.2, 0.25) is 0 Å². The molecule has 1 aromatic heterocycles. The molecule has 0 aliphatic carbocycles. The van der Waals surface area contributed by atoms with Crippen LogP contribution in [0.15, 0.2) is 6.07 Å². The predicted octanol–water partition coefficient (Wildman–Crippen LogP) is 2.99. The van der Waals surface area contributed by atoms with Crippen LogP contribution in [0.25, 0.3) is 0 Å². The van der Waals surface area contributed by atoms with Crippen LogP contribution in [-0.2, 0) is 10.8 Å². The van der Waals surface area contributed by atoms with Crippen molar-refractivity contribution >= 4 is 22.4 Å². The lowest BCUT2D eigenvalue weighted by molar-refractivity contribution is 0.672. The largest absolute Gasteiger partial charge is 0.370 e. The van der Waals surface area contributed by atoms with E-state index in [-0.39, 0.29) is 11.2 Å². The highest BCUT2D eigenvalue weighted by Crippen LogP contribution is 2.17. The van der Waals surface area contributed by atoms with Gasteiger partial charge < -0.3 is 10.6 Å². The van der Waals surface area contributed by atoms with Crippen LogP contribution in [0, 0.1) is 0 Å². The molecule has 0 saturated heterocycles. The summed E-state index contributed by atoms with van der Waals surface area (Å²) in [6.07, 6.45) is 3.67. The minimum atomic E-state index is -0.774. The van der Waals surface area contributed by atoms with Crippen LogP contribution < -0.4 is 10.6 Å². The summed E-state index contributed by atoms with van der Waals surface area (Å²) in [5.74, 6) is 2.83. The highest BCUT2D eigenvalue weighted by atomic mass is 32.2. The molecule has 0 spiro atoms. The number of nitrogens with zero attached hydrogens (tertiary/aromatic N) is 2. The van der Waals surface area contributed by atoms with E-state index in [1.807, 2.05) is 13.0 Å². The minimum absolute atomic E-state index is 0.196. The Morgan fingerprint density at radius 2 is 1.71 bits per heavy atom. The Kier molecular flexibility index (Phi) is 7.64. The maximum Gasteiger partial charge on any atom is 0.135 e. The van der Waals surface area contributed by atoms with Crippen molar-refractivity contribution in [1.29, 1.82) is 0 Å². The van der Waals surface area contributed by atoms with Crippen LogP contribution >= 0.6 is 0 Å². The van der Waals surface area contributed by atoms with Crippen molar-refractivity contribution in [3.05, 3.63) is 11.9 Å². The second kappa shape index (κ2) is 8.97. The van der Waals surface area contributed by atoms with Gasteiger partial charge in [-0.15, -0.1) is 0 Å². The Bertz CT molecular complexity index is 465. The quantitative estimate of drug-likeness (QED) is 0.734. The Balaban J connectivity index is 2.71. The van der Waals surface area contributed by atoms with Gasteiger partial charge in [0.1, 0.15) is 17.5 Å². The van der Waals surface area contributed by atoms with Crippen molar-refractivity contribution in [3.8, 4) is 0 Å². The normalized spacial score (nSPS) is 14.0. The van der Waals surface area contributed by atoms with E-state index in [2.05, 4.69) is 41.4 Å². The van der Waals surface area contributed by atoms with Crippen LogP contribution in [0.5, 0.6) is 0 Å². The van der Waals surface area contributed by atoms with Gasteiger partial charge in [0, 0.05) is 47.4 Å². The number of rotatable bonds is 9. The lowest BCUT2D eigenvalue weighted by Crippen LogP contribution is -2.16. The minimum Gasteiger partial charge on any atom is -0.370 e. The van der Waals surface area contributed by atoms with E-state index in [0.717, 1.165) is 43.4 Å². The molecule has 2 unspecified atom stereocenters. The standard InChI is InChI=1S/C15H28N4OS/c1-6-8-16-13-10-14(19-15(18-13)11(2)3)17-9-7-12(4)21(5)20/h10-12H,6-9H2,1-5H3,(H2,16,17,18,19). The van der Waals surface area contributed by atoms with Crippen molar-refractivity contribution in [2.45, 2.75) is 51.7 Å². The van der Waals surface area contributed by atoms with Crippen LogP contribution in [0.1, 0.15) is 52.3 Å². The predicted molar refractivity (Wildman–Crippen MR) is 91.5 cm³/mol. The fourth-order valence-electron chi connectivity index (χ4n) is 1.73. The van der Waals surface area contributed by atoms with Gasteiger partial charge in [-0.3, -0.25) is 4.21 Å². The van der Waals surface area contributed by atoms with Gasteiger partial charge in [0.05, 0.1) is 0 Å². The molecule has 0 saturated carbocycles. The van der Waals surface area contributed by atoms with Gasteiger partial charge in [-0.1, -0.05) is 27.7 Å². The Labute approximate surface area is 130 Å². The molecule has 1 heterocycles. The van der Waals surface area contributed by atoms with Gasteiger partial charge in [-0.05, 0) is 12.8 Å². The second-order valence-corrected chi connectivity index (χ2v) is 7.40. The molecule has 1 aromatic rings. The molecule has 0 fully saturated rings. The highest BCUT2D eigenvalue weighted by Gasteiger charge is 2.09. The number of hydrogen-bond acceptors (Lipinski definition) is 5. The van der Waals surface area contributed by atoms with Crippen LogP contribution in [0.3, 0.4) is 0 Å². The van der Waals surface area contributed by atoms with E-state index in [9.17, 15) is 4.21 Å². The molecule has 0 radical (unpaired) electrons. The molecule has 120 valence electrons. The number of nitrogens with one attached hydrogen (secondary N) is 2. The fraction of sp³-hybridized carbons (Fsp3) is 0.733. The molecule has 0 bridgehead atoms. The van der Waals surface area contributed by atoms with Gasteiger partial charge in [0.25, 0.3) is 0 Å². The van der Waals surface area contributed by atoms with Gasteiger partial charge in [0.15, 0.2) is 0 Å². The van der Waals surface area contributed by atoms with Crippen molar-refractivity contribution in [2.75, 3.05) is 30.0 Å². The zero-order chi connectivity index (χ0) is 15.8. The van der Waals surface area contributed by atoms with Crippen molar-refractivity contribution < 1.29 is 4.21 Å². The summed E-state index contributed by atoms with van der Waals surface area (Å²) in [4.78, 5) is 9.08. The maximum absolute atomic E-state index is 11.3. The number of anilines is 2. The molecular weight excluding hydrogens is 284 g/mol. The summed E-state index contributed by atoms with van der Waals surface area (Å²) < 4.78 is 11.3. The molecular formula is C15H28N4OS. The summed E-state index contributed by atoms with van der Waals surface area (Å²) in [5, 5.41) is 6.82. The highest BCUT2D eigenvalue weighted by molar-refractivity contribution is 7.84. The molecule has 2 N–H and O–H groups in total. The summed E-state index contributed by atoms with van der Waals surface area (Å²) in [5.41, 5.74) is 0. The average Bonchev–Trinajstić information content (AvgIpc) is 2.44. The third-order valence-electron chi connectivity index (χ3n) is 3.24. The van der Waals surface area contributed by atoms with Crippen LogP contribution in [-0.4, -0.2) is 38.8 Å². The van der Waals surface area contributed by atoms with E-state index in [1.54, 1.807) is 6.26 Å². The summed E-state index contributed by atoms with van der Waals surface area (Å²) in [6.45, 7) is 9.98. The third-order valence-corrected chi connectivity index (χ3v) is 4.61. The molecule has 0 aliphatic heterocycles. The maximum atomic E-state index is 11.3. The van der Waals surface area contributed by atoms with E-state index < -0.39 is 10.8 Å². The number of hydrogen-bond donors (Lipinski definition) is 2. The molecule has 0 aromatic carbocycles. The molecule has 21 heavy (non-hydrogen) atoms. The zero-order valence-corrected chi connectivity index (χ0v) is 14.6. The van der Waals surface area contributed by atoms with Crippen molar-refractivity contribution in [1.82, 2.24) is 9.97 Å². The van der Waals surface area contributed by atoms with Gasteiger partial charge in [0.2, 0.25) is 0 Å². The van der Waals surface area contributed by atoms with Crippen LogP contribution in [0.4, 0.5) is 11.6 Å². The first kappa shape index (κ1) is 17.9. The van der Waals surface area contributed by atoms with E-state index in [4.69, 9.17) is 0 Å². The summed E-state index contributed by atoms with van der Waals surface area (Å²) in [6, 6.07) is 1.94. The molecule has 1 rings (SSSR count). The molecule has 5 nitrogen and oxygen atoms in total. The zero-order valence-electron chi connectivity index (χ0n) is 13.8. The van der Waals surface area contributed by atoms with Gasteiger partial charge in [-0.2, -0.15) is 0 Å². The SMILES string of the molecule is CCCNc1cc(NCCC(C)S(C)=O)nc(C(C)C)n1. The third kappa shape index (κ3) is 6.42. The summed E-state index contributed by atoms with van der Waals surface area (Å²) in [7, 11) is -0.774. The Morgan fingerprint density at radius 3 is 2.19 bits per heavy atom. The average molecular weight is 312 g/mol. The topological polar surface area (TPSA) is 66.9 Å². The monoisotopic (exact) mass is 312 g/mol. The Morgan fingerprint density at radius 1 is 1.14 bits per heavy atom. The summed E-state index contributed by atoms with van der Waals surface area (Å²) >= 11 is 0. The first-order chi connectivity index (χ1) is 9.93. The first-order valence-electron chi connectivity index (χ1n) is 7.63. The Hall–Kier alpha value is -1.17. The number of aromatic nitrogens is 2. The fourth-order valence-corrected chi connectivity index (χ4v) is 2.18. The molecule has 0 aliphatic rings. The lowest BCUT2D eigenvalue weighted by atomic mass is 10.2. The van der Waals surface area contributed by atoms with E-state index >= 15 is 0 Å². The lowest BCUT2D eigenvalue weighted by Gasteiger charge is -2.13. The van der Waals surface area contributed by atoms with Crippen molar-refractivity contribution in [2.24, 2.45) is 0 Å². The van der Waals surface area contributed by atoms with Gasteiger partial charge >= 0.3 is 0 Å². The van der Waals surface area contributed by atoms with Crippen molar-refractivity contribution in [3.63, 3.8) is 0 Å².